The van der Waals surface area contributed by atoms with Crippen LogP contribution in [-0.4, -0.2) is 23.3 Å². The van der Waals surface area contributed by atoms with Crippen LogP contribution >= 0.6 is 27.5 Å². The molecule has 1 aromatic rings. The van der Waals surface area contributed by atoms with Crippen molar-refractivity contribution in [3.05, 3.63) is 22.3 Å². The quantitative estimate of drug-likeness (QED) is 0.787. The lowest BCUT2D eigenvalue weighted by molar-refractivity contribution is -0.117. The van der Waals surface area contributed by atoms with E-state index in [9.17, 15) is 4.79 Å². The Morgan fingerprint density at radius 2 is 2.44 bits per heavy atom. The maximum atomic E-state index is 11.8. The lowest BCUT2D eigenvalue weighted by atomic mass is 10.1. The minimum absolute atomic E-state index is 0.101. The van der Waals surface area contributed by atoms with Gasteiger partial charge in [-0.2, -0.15) is 0 Å². The average molecular weight is 304 g/mol. The van der Waals surface area contributed by atoms with Gasteiger partial charge in [-0.25, -0.2) is 4.98 Å². The predicted molar refractivity (Wildman–Crippen MR) is 67.9 cm³/mol. The van der Waals surface area contributed by atoms with Crippen LogP contribution < -0.4 is 4.90 Å². The van der Waals surface area contributed by atoms with Crippen molar-refractivity contribution < 1.29 is 4.79 Å². The lowest BCUT2D eigenvalue weighted by Crippen LogP contribution is -2.26. The molecule has 5 heteroatoms. The van der Waals surface area contributed by atoms with Crippen LogP contribution in [0.15, 0.2) is 16.7 Å². The summed E-state index contributed by atoms with van der Waals surface area (Å²) in [6.07, 6.45) is 2.24. The first-order valence-corrected chi connectivity index (χ1v) is 6.43. The summed E-state index contributed by atoms with van der Waals surface area (Å²) in [7, 11) is 0. The van der Waals surface area contributed by atoms with Crippen LogP contribution in [0.5, 0.6) is 0 Å². The van der Waals surface area contributed by atoms with Gasteiger partial charge in [0.15, 0.2) is 0 Å². The van der Waals surface area contributed by atoms with Gasteiger partial charge in [0.2, 0.25) is 5.91 Å². The van der Waals surface area contributed by atoms with E-state index < -0.39 is 0 Å². The number of amides is 1. The molecule has 0 aliphatic carbocycles. The standard InChI is InChI=1S/C11H12BrClN2O/c1-7-2-3-14-11(10(7)12)15-6-8(5-13)4-9(15)16/h2-3,8H,4-6H2,1H3. The van der Waals surface area contributed by atoms with Crippen molar-refractivity contribution in [1.82, 2.24) is 4.98 Å². The molecule has 0 aromatic carbocycles. The lowest BCUT2D eigenvalue weighted by Gasteiger charge is -2.17. The number of pyridine rings is 1. The third-order valence-electron chi connectivity index (χ3n) is 2.74. The first-order valence-electron chi connectivity index (χ1n) is 5.11. The maximum absolute atomic E-state index is 11.8. The average Bonchev–Trinajstić information content (AvgIpc) is 2.64. The second-order valence-electron chi connectivity index (χ2n) is 3.99. The summed E-state index contributed by atoms with van der Waals surface area (Å²) in [5.74, 6) is 1.57. The fourth-order valence-electron chi connectivity index (χ4n) is 1.80. The largest absolute Gasteiger partial charge is 0.296 e. The first-order chi connectivity index (χ1) is 7.63. The molecule has 1 fully saturated rings. The van der Waals surface area contributed by atoms with E-state index in [1.54, 1.807) is 11.1 Å². The summed E-state index contributed by atoms with van der Waals surface area (Å²) >= 11 is 9.26. The van der Waals surface area contributed by atoms with E-state index >= 15 is 0 Å². The van der Waals surface area contributed by atoms with E-state index in [1.807, 2.05) is 13.0 Å². The monoisotopic (exact) mass is 302 g/mol. The number of aromatic nitrogens is 1. The van der Waals surface area contributed by atoms with Crippen molar-refractivity contribution in [1.29, 1.82) is 0 Å². The summed E-state index contributed by atoms with van der Waals surface area (Å²) in [4.78, 5) is 17.8. The zero-order valence-corrected chi connectivity index (χ0v) is 11.3. The van der Waals surface area contributed by atoms with E-state index in [4.69, 9.17) is 11.6 Å². The van der Waals surface area contributed by atoms with Gasteiger partial charge in [0, 0.05) is 25.0 Å². The van der Waals surface area contributed by atoms with Crippen molar-refractivity contribution in [2.45, 2.75) is 13.3 Å². The second kappa shape index (κ2) is 4.72. The van der Waals surface area contributed by atoms with E-state index in [0.29, 0.717) is 24.7 Å². The summed E-state index contributed by atoms with van der Waals surface area (Å²) in [6, 6.07) is 1.91. The van der Waals surface area contributed by atoms with E-state index in [-0.39, 0.29) is 11.8 Å². The van der Waals surface area contributed by atoms with Crippen molar-refractivity contribution in [3.8, 4) is 0 Å². The molecule has 1 aliphatic rings. The van der Waals surface area contributed by atoms with Gasteiger partial charge in [0.1, 0.15) is 5.82 Å². The summed E-state index contributed by atoms with van der Waals surface area (Å²) in [5.41, 5.74) is 1.08. The molecule has 3 nitrogen and oxygen atoms in total. The molecule has 1 aliphatic heterocycles. The van der Waals surface area contributed by atoms with Gasteiger partial charge in [-0.15, -0.1) is 11.6 Å². The number of carbonyl (C=O) groups is 1. The van der Waals surface area contributed by atoms with Crippen LogP contribution in [0.4, 0.5) is 5.82 Å². The van der Waals surface area contributed by atoms with E-state index in [1.165, 1.54) is 0 Å². The Bertz CT molecular complexity index is 424. The highest BCUT2D eigenvalue weighted by Crippen LogP contribution is 2.31. The molecule has 1 unspecified atom stereocenters. The molecule has 1 atom stereocenters. The van der Waals surface area contributed by atoms with Gasteiger partial charge in [-0.1, -0.05) is 0 Å². The van der Waals surface area contributed by atoms with Gasteiger partial charge in [-0.3, -0.25) is 9.69 Å². The first kappa shape index (κ1) is 11.9. The molecule has 2 heterocycles. The Morgan fingerprint density at radius 3 is 3.06 bits per heavy atom. The SMILES string of the molecule is Cc1ccnc(N2CC(CCl)CC2=O)c1Br. The molecule has 2 rings (SSSR count). The Hall–Kier alpha value is -0.610. The Balaban J connectivity index is 2.31. The fourth-order valence-corrected chi connectivity index (χ4v) is 2.46. The van der Waals surface area contributed by atoms with Crippen LogP contribution in [0.25, 0.3) is 0 Å². The highest BCUT2D eigenvalue weighted by molar-refractivity contribution is 9.10. The Kier molecular flexibility index (Phi) is 3.50. The fraction of sp³-hybridized carbons (Fsp3) is 0.455. The molecular weight excluding hydrogens is 291 g/mol. The predicted octanol–water partition coefficient (Wildman–Crippen LogP) is 2.74. The van der Waals surface area contributed by atoms with E-state index in [2.05, 4.69) is 20.9 Å². The van der Waals surface area contributed by atoms with E-state index in [0.717, 1.165) is 10.0 Å². The molecule has 0 N–H and O–H groups in total. The molecule has 16 heavy (non-hydrogen) atoms. The summed E-state index contributed by atoms with van der Waals surface area (Å²) in [5, 5.41) is 0. The molecule has 86 valence electrons. The van der Waals surface area contributed by atoms with Crippen LogP contribution in [0.3, 0.4) is 0 Å². The number of carbonyl (C=O) groups excluding carboxylic acids is 1. The molecule has 0 spiro atoms. The number of rotatable bonds is 2. The number of alkyl halides is 1. The molecular formula is C11H12BrClN2O. The Morgan fingerprint density at radius 1 is 1.69 bits per heavy atom. The van der Waals surface area contributed by atoms with Gasteiger partial charge in [0.25, 0.3) is 0 Å². The van der Waals surface area contributed by atoms with Crippen LogP contribution in [0, 0.1) is 12.8 Å². The maximum Gasteiger partial charge on any atom is 0.228 e. The highest BCUT2D eigenvalue weighted by atomic mass is 79.9. The van der Waals surface area contributed by atoms with Crippen LogP contribution in [-0.2, 0) is 4.79 Å². The van der Waals surface area contributed by atoms with Crippen LogP contribution in [0.1, 0.15) is 12.0 Å². The highest BCUT2D eigenvalue weighted by Gasteiger charge is 2.31. The third-order valence-corrected chi connectivity index (χ3v) is 4.16. The molecule has 0 bridgehead atoms. The van der Waals surface area contributed by atoms with Crippen molar-refractivity contribution in [2.24, 2.45) is 5.92 Å². The smallest absolute Gasteiger partial charge is 0.228 e. The number of hydrogen-bond acceptors (Lipinski definition) is 2. The van der Waals surface area contributed by atoms with Crippen molar-refractivity contribution in [3.63, 3.8) is 0 Å². The zero-order valence-electron chi connectivity index (χ0n) is 8.91. The molecule has 1 amide bonds. The summed E-state index contributed by atoms with van der Waals surface area (Å²) in [6.45, 7) is 2.65. The number of aryl methyl sites for hydroxylation is 1. The number of nitrogens with zero attached hydrogens (tertiary/aromatic N) is 2. The Labute approximate surface area is 108 Å². The third kappa shape index (κ3) is 2.09. The number of anilines is 1. The van der Waals surface area contributed by atoms with Crippen molar-refractivity contribution >= 4 is 39.3 Å². The van der Waals surface area contributed by atoms with Crippen LogP contribution in [0.2, 0.25) is 0 Å². The topological polar surface area (TPSA) is 33.2 Å². The molecule has 1 saturated heterocycles. The van der Waals surface area contributed by atoms with Crippen molar-refractivity contribution in [2.75, 3.05) is 17.3 Å². The zero-order chi connectivity index (χ0) is 11.7. The minimum Gasteiger partial charge on any atom is -0.296 e. The molecule has 0 saturated carbocycles. The molecule has 1 aromatic heterocycles. The van der Waals surface area contributed by atoms with Gasteiger partial charge in [0.05, 0.1) is 4.47 Å². The molecule has 0 radical (unpaired) electrons. The normalized spacial score (nSPS) is 20.6. The van der Waals surface area contributed by atoms with Gasteiger partial charge >= 0.3 is 0 Å². The number of halogens is 2. The minimum atomic E-state index is 0.101. The van der Waals surface area contributed by atoms with Gasteiger partial charge < -0.3 is 0 Å². The summed E-state index contributed by atoms with van der Waals surface area (Å²) < 4.78 is 0.888. The van der Waals surface area contributed by atoms with Gasteiger partial charge in [-0.05, 0) is 40.4 Å². The number of hydrogen-bond donors (Lipinski definition) is 0. The second-order valence-corrected chi connectivity index (χ2v) is 5.10.